The molecule has 1 saturated heterocycles. The second-order valence-corrected chi connectivity index (χ2v) is 7.21. The summed E-state index contributed by atoms with van der Waals surface area (Å²) in [5.74, 6) is 2.16. The summed E-state index contributed by atoms with van der Waals surface area (Å²) in [5.41, 5.74) is 8.71. The lowest BCUT2D eigenvalue weighted by molar-refractivity contribution is 0.256. The Hall–Kier alpha value is -2.27. The van der Waals surface area contributed by atoms with E-state index in [0.29, 0.717) is 5.82 Å². The van der Waals surface area contributed by atoms with Gasteiger partial charge in [0.25, 0.3) is 0 Å². The lowest BCUT2D eigenvalue weighted by atomic mass is 10.0. The number of aromatic nitrogens is 1. The Morgan fingerprint density at radius 2 is 1.59 bits per heavy atom. The molecule has 1 aromatic carbocycles. The van der Waals surface area contributed by atoms with Crippen molar-refractivity contribution in [1.29, 1.82) is 0 Å². The molecule has 1 fully saturated rings. The highest BCUT2D eigenvalue weighted by Crippen LogP contribution is 2.36. The maximum absolute atomic E-state index is 5.86. The van der Waals surface area contributed by atoms with Crippen LogP contribution in [0.4, 0.5) is 5.82 Å². The third-order valence-electron chi connectivity index (χ3n) is 5.24. The first-order chi connectivity index (χ1) is 13.2. The van der Waals surface area contributed by atoms with Gasteiger partial charge in [-0.15, -0.1) is 0 Å². The van der Waals surface area contributed by atoms with Gasteiger partial charge in [0.15, 0.2) is 0 Å². The number of benzene rings is 1. The third kappa shape index (κ3) is 5.13. The van der Waals surface area contributed by atoms with Crippen LogP contribution >= 0.6 is 0 Å². The first-order valence-corrected chi connectivity index (χ1v) is 9.91. The molecule has 27 heavy (non-hydrogen) atoms. The quantitative estimate of drug-likeness (QED) is 0.840. The predicted octanol–water partition coefficient (Wildman–Crippen LogP) is 4.50. The Balaban J connectivity index is 1.88. The van der Waals surface area contributed by atoms with Crippen LogP contribution in [-0.4, -0.2) is 37.2 Å². The molecule has 0 amide bonds. The summed E-state index contributed by atoms with van der Waals surface area (Å²) in [6, 6.07) is 9.74. The van der Waals surface area contributed by atoms with E-state index in [1.807, 2.05) is 18.2 Å². The summed E-state index contributed by atoms with van der Waals surface area (Å²) >= 11 is 0. The minimum atomic E-state index is 0.495. The maximum atomic E-state index is 5.86. The minimum Gasteiger partial charge on any atom is -0.496 e. The van der Waals surface area contributed by atoms with Crippen LogP contribution in [0.15, 0.2) is 30.3 Å². The number of nitrogen functional groups attached to an aromatic ring is 1. The van der Waals surface area contributed by atoms with Crippen molar-refractivity contribution in [1.82, 2.24) is 9.88 Å². The maximum Gasteiger partial charge on any atom is 0.128 e. The van der Waals surface area contributed by atoms with Gasteiger partial charge in [-0.1, -0.05) is 31.7 Å². The lowest BCUT2D eigenvalue weighted by Crippen LogP contribution is -2.25. The molecule has 0 unspecified atom stereocenters. The van der Waals surface area contributed by atoms with E-state index in [1.54, 1.807) is 20.3 Å². The van der Waals surface area contributed by atoms with Crippen molar-refractivity contribution >= 4 is 5.82 Å². The van der Waals surface area contributed by atoms with E-state index in [2.05, 4.69) is 16.0 Å². The molecular weight excluding hydrogens is 338 g/mol. The molecule has 1 aromatic heterocycles. The fourth-order valence-corrected chi connectivity index (χ4v) is 3.77. The second kappa shape index (κ2) is 9.60. The van der Waals surface area contributed by atoms with Crippen molar-refractivity contribution in [3.63, 3.8) is 0 Å². The minimum absolute atomic E-state index is 0.495. The van der Waals surface area contributed by atoms with Gasteiger partial charge in [0.1, 0.15) is 17.3 Å². The smallest absolute Gasteiger partial charge is 0.128 e. The van der Waals surface area contributed by atoms with E-state index in [9.17, 15) is 0 Å². The van der Waals surface area contributed by atoms with Gasteiger partial charge in [-0.05, 0) is 50.2 Å². The molecule has 0 aliphatic carbocycles. The van der Waals surface area contributed by atoms with Crippen LogP contribution in [0, 0.1) is 0 Å². The number of rotatable bonds is 5. The van der Waals surface area contributed by atoms with Gasteiger partial charge < -0.3 is 15.2 Å². The Kier molecular flexibility index (Phi) is 6.93. The highest BCUT2D eigenvalue weighted by molar-refractivity contribution is 5.71. The van der Waals surface area contributed by atoms with Crippen molar-refractivity contribution in [2.75, 3.05) is 33.0 Å². The Morgan fingerprint density at radius 1 is 0.926 bits per heavy atom. The van der Waals surface area contributed by atoms with E-state index < -0.39 is 0 Å². The SMILES string of the molecule is COc1cc(-c2cccc(N)n2)c(OC)cc1CN1CCCCCCCC1. The van der Waals surface area contributed by atoms with Crippen LogP contribution in [-0.2, 0) is 6.54 Å². The fraction of sp³-hybridized carbons (Fsp3) is 0.500. The van der Waals surface area contributed by atoms with Gasteiger partial charge in [-0.3, -0.25) is 4.90 Å². The first kappa shape index (κ1) is 19.5. The molecule has 0 atom stereocenters. The average molecular weight is 370 g/mol. The number of hydrogen-bond acceptors (Lipinski definition) is 5. The molecule has 146 valence electrons. The summed E-state index contributed by atoms with van der Waals surface area (Å²) in [6.07, 6.45) is 7.93. The topological polar surface area (TPSA) is 60.6 Å². The number of hydrogen-bond donors (Lipinski definition) is 1. The molecular formula is C22H31N3O2. The summed E-state index contributed by atoms with van der Waals surface area (Å²) in [5, 5.41) is 0. The molecule has 0 radical (unpaired) electrons. The molecule has 0 spiro atoms. The van der Waals surface area contributed by atoms with E-state index in [-0.39, 0.29) is 0 Å². The van der Waals surface area contributed by atoms with Crippen LogP contribution in [0.1, 0.15) is 44.1 Å². The van der Waals surface area contributed by atoms with Gasteiger partial charge in [-0.2, -0.15) is 0 Å². The number of anilines is 1. The van der Waals surface area contributed by atoms with Crippen molar-refractivity contribution < 1.29 is 9.47 Å². The van der Waals surface area contributed by atoms with E-state index in [4.69, 9.17) is 15.2 Å². The van der Waals surface area contributed by atoms with Crippen LogP contribution < -0.4 is 15.2 Å². The molecule has 2 aromatic rings. The van der Waals surface area contributed by atoms with Gasteiger partial charge >= 0.3 is 0 Å². The van der Waals surface area contributed by atoms with Crippen LogP contribution in [0.5, 0.6) is 11.5 Å². The molecule has 2 heterocycles. The molecule has 5 nitrogen and oxygen atoms in total. The highest BCUT2D eigenvalue weighted by Gasteiger charge is 2.17. The summed E-state index contributed by atoms with van der Waals surface area (Å²) in [7, 11) is 3.42. The largest absolute Gasteiger partial charge is 0.496 e. The van der Waals surface area contributed by atoms with E-state index in [1.165, 1.54) is 38.5 Å². The molecule has 0 saturated carbocycles. The summed E-state index contributed by atoms with van der Waals surface area (Å²) in [4.78, 5) is 6.98. The van der Waals surface area contributed by atoms with Crippen LogP contribution in [0.2, 0.25) is 0 Å². The predicted molar refractivity (Wildman–Crippen MR) is 110 cm³/mol. The zero-order chi connectivity index (χ0) is 19.1. The number of ether oxygens (including phenoxy) is 2. The monoisotopic (exact) mass is 369 g/mol. The number of methoxy groups -OCH3 is 2. The van der Waals surface area contributed by atoms with Gasteiger partial charge in [0, 0.05) is 17.7 Å². The third-order valence-corrected chi connectivity index (χ3v) is 5.24. The van der Waals surface area contributed by atoms with Crippen LogP contribution in [0.25, 0.3) is 11.3 Å². The standard InChI is InChI=1S/C22H31N3O2/c1-26-20-15-18(19-10-9-11-22(23)24-19)21(27-2)14-17(20)16-25-12-7-5-3-4-6-8-13-25/h9-11,14-15H,3-8,12-13,16H2,1-2H3,(H2,23,24). The van der Waals surface area contributed by atoms with Crippen LogP contribution in [0.3, 0.4) is 0 Å². The average Bonchev–Trinajstić information content (AvgIpc) is 2.81. The number of nitrogens with zero attached hydrogens (tertiary/aromatic N) is 2. The van der Waals surface area contributed by atoms with Crippen molar-refractivity contribution in [3.05, 3.63) is 35.9 Å². The molecule has 2 N–H and O–H groups in total. The van der Waals surface area contributed by atoms with Crippen molar-refractivity contribution in [2.45, 2.75) is 45.1 Å². The highest BCUT2D eigenvalue weighted by atomic mass is 16.5. The zero-order valence-electron chi connectivity index (χ0n) is 16.5. The summed E-state index contributed by atoms with van der Waals surface area (Å²) in [6.45, 7) is 3.16. The number of pyridine rings is 1. The molecule has 5 heteroatoms. The van der Waals surface area contributed by atoms with Gasteiger partial charge in [0.2, 0.25) is 0 Å². The van der Waals surface area contributed by atoms with Crippen molar-refractivity contribution in [2.24, 2.45) is 0 Å². The van der Waals surface area contributed by atoms with E-state index >= 15 is 0 Å². The fourth-order valence-electron chi connectivity index (χ4n) is 3.77. The van der Waals surface area contributed by atoms with E-state index in [0.717, 1.165) is 48.0 Å². The normalized spacial score (nSPS) is 16.2. The molecule has 0 bridgehead atoms. The molecule has 3 rings (SSSR count). The lowest BCUT2D eigenvalue weighted by Gasteiger charge is -2.23. The Labute approximate surface area is 162 Å². The van der Waals surface area contributed by atoms with Gasteiger partial charge in [-0.25, -0.2) is 4.98 Å². The summed E-state index contributed by atoms with van der Waals surface area (Å²) < 4.78 is 11.4. The number of nitrogens with two attached hydrogens (primary N) is 1. The Morgan fingerprint density at radius 3 is 2.22 bits per heavy atom. The second-order valence-electron chi connectivity index (χ2n) is 7.21. The van der Waals surface area contributed by atoms with Gasteiger partial charge in [0.05, 0.1) is 19.9 Å². The van der Waals surface area contributed by atoms with Crippen molar-refractivity contribution in [3.8, 4) is 22.8 Å². The molecule has 1 aliphatic heterocycles. The zero-order valence-corrected chi connectivity index (χ0v) is 16.5. The first-order valence-electron chi connectivity index (χ1n) is 9.91. The Bertz CT molecular complexity index is 738. The molecule has 1 aliphatic rings.